The van der Waals surface area contributed by atoms with Crippen LogP contribution >= 0.6 is 12.2 Å². The molecule has 1 heterocycles. The van der Waals surface area contributed by atoms with E-state index in [1.54, 1.807) is 31.4 Å². The van der Waals surface area contributed by atoms with Crippen LogP contribution in [0.15, 0.2) is 42.5 Å². The van der Waals surface area contributed by atoms with Gasteiger partial charge in [-0.1, -0.05) is 29.9 Å². The minimum absolute atomic E-state index is 0.354. The van der Waals surface area contributed by atoms with E-state index in [0.717, 1.165) is 24.2 Å². The summed E-state index contributed by atoms with van der Waals surface area (Å²) in [5, 5.41) is 0. The second-order valence-corrected chi connectivity index (χ2v) is 6.42. The van der Waals surface area contributed by atoms with Crippen LogP contribution in [0.1, 0.15) is 21.5 Å². The largest absolute Gasteiger partial charge is 0.493 e. The Morgan fingerprint density at radius 1 is 1.08 bits per heavy atom. The Balaban J connectivity index is 1.83. The molecule has 0 radical (unpaired) electrons. The van der Waals surface area contributed by atoms with E-state index in [0.29, 0.717) is 35.3 Å². The maximum atomic E-state index is 12.5. The first-order chi connectivity index (χ1) is 12.6. The summed E-state index contributed by atoms with van der Waals surface area (Å²) >= 11 is 5.59. The number of hydrogen-bond acceptors (Lipinski definition) is 5. The number of rotatable bonds is 4. The summed E-state index contributed by atoms with van der Waals surface area (Å²) in [5.41, 5.74) is 2.30. The first-order valence-electron chi connectivity index (χ1n) is 8.42. The molecule has 0 N–H and O–H groups in total. The lowest BCUT2D eigenvalue weighted by molar-refractivity contribution is 0.0692. The summed E-state index contributed by atoms with van der Waals surface area (Å²) < 4.78 is 16.3. The molecule has 1 aliphatic rings. The average molecular weight is 371 g/mol. The molecule has 0 saturated carbocycles. The maximum absolute atomic E-state index is 12.5. The van der Waals surface area contributed by atoms with Crippen molar-refractivity contribution in [3.63, 3.8) is 0 Å². The second-order valence-electron chi connectivity index (χ2n) is 6.03. The fourth-order valence-electron chi connectivity index (χ4n) is 2.77. The molecule has 1 fully saturated rings. The van der Waals surface area contributed by atoms with Crippen molar-refractivity contribution >= 4 is 23.2 Å². The fraction of sp³-hybridized carbons (Fsp3) is 0.300. The van der Waals surface area contributed by atoms with Crippen molar-refractivity contribution in [2.24, 2.45) is 0 Å². The van der Waals surface area contributed by atoms with Gasteiger partial charge in [-0.15, -0.1) is 0 Å². The highest BCUT2D eigenvalue weighted by Gasteiger charge is 2.18. The second kappa shape index (κ2) is 8.29. The van der Waals surface area contributed by atoms with Crippen LogP contribution in [-0.2, 0) is 4.74 Å². The Hall–Kier alpha value is -2.44. The van der Waals surface area contributed by atoms with Crippen molar-refractivity contribution in [1.29, 1.82) is 0 Å². The van der Waals surface area contributed by atoms with Gasteiger partial charge in [-0.2, -0.15) is 0 Å². The summed E-state index contributed by atoms with van der Waals surface area (Å²) in [6, 6.07) is 12.7. The Bertz CT molecular complexity index is 815. The molecule has 1 saturated heterocycles. The zero-order valence-corrected chi connectivity index (χ0v) is 15.7. The molecule has 5 nitrogen and oxygen atoms in total. The van der Waals surface area contributed by atoms with Crippen molar-refractivity contribution in [2.75, 3.05) is 33.4 Å². The maximum Gasteiger partial charge on any atom is 0.343 e. The van der Waals surface area contributed by atoms with E-state index < -0.39 is 5.97 Å². The monoisotopic (exact) mass is 371 g/mol. The molecule has 0 aliphatic carbocycles. The number of methoxy groups -OCH3 is 1. The van der Waals surface area contributed by atoms with Crippen LogP contribution in [-0.4, -0.2) is 49.3 Å². The van der Waals surface area contributed by atoms with E-state index in [2.05, 4.69) is 4.90 Å². The third-order valence-corrected chi connectivity index (χ3v) is 4.66. The highest BCUT2D eigenvalue weighted by Crippen LogP contribution is 2.30. The quantitative estimate of drug-likeness (QED) is 0.467. The predicted octanol–water partition coefficient (Wildman–Crippen LogP) is 3.23. The third-order valence-electron chi connectivity index (χ3n) is 4.17. The molecular formula is C20H21NO4S. The standard InChI is InChI=1S/C20H21NO4S/c1-14-4-3-5-16(12-14)20(22)25-18-13-15(6-7-17(18)23-2)19(26)21-8-10-24-11-9-21/h3-7,12-13H,8-11H2,1-2H3. The third kappa shape index (κ3) is 4.20. The number of hydrogen-bond donors (Lipinski definition) is 0. The minimum atomic E-state index is -0.429. The van der Waals surface area contributed by atoms with Crippen molar-refractivity contribution < 1.29 is 19.0 Å². The molecule has 0 unspecified atom stereocenters. The number of thiocarbonyl (C=S) groups is 1. The number of carbonyl (C=O) groups excluding carboxylic acids is 1. The SMILES string of the molecule is COc1ccc(C(=S)N2CCOCC2)cc1OC(=O)c1cccc(C)c1. The molecule has 2 aromatic carbocycles. The van der Waals surface area contributed by atoms with Gasteiger partial charge in [0.05, 0.1) is 25.9 Å². The number of nitrogens with zero attached hydrogens (tertiary/aromatic N) is 1. The van der Waals surface area contributed by atoms with Gasteiger partial charge >= 0.3 is 5.97 Å². The van der Waals surface area contributed by atoms with Gasteiger partial charge in [-0.05, 0) is 37.3 Å². The van der Waals surface area contributed by atoms with Crippen LogP contribution in [0.3, 0.4) is 0 Å². The van der Waals surface area contributed by atoms with Crippen molar-refractivity contribution in [3.05, 3.63) is 59.2 Å². The first kappa shape index (κ1) is 18.4. The van der Waals surface area contributed by atoms with Crippen LogP contribution in [0, 0.1) is 6.92 Å². The van der Waals surface area contributed by atoms with Crippen LogP contribution in [0.2, 0.25) is 0 Å². The van der Waals surface area contributed by atoms with Gasteiger partial charge in [0.2, 0.25) is 0 Å². The molecule has 6 heteroatoms. The average Bonchev–Trinajstić information content (AvgIpc) is 2.68. The summed E-state index contributed by atoms with van der Waals surface area (Å²) in [5.74, 6) is 0.410. The highest BCUT2D eigenvalue weighted by atomic mass is 32.1. The lowest BCUT2D eigenvalue weighted by atomic mass is 10.1. The number of ether oxygens (including phenoxy) is 3. The number of aryl methyl sites for hydroxylation is 1. The zero-order chi connectivity index (χ0) is 18.5. The molecule has 0 aromatic heterocycles. The van der Waals surface area contributed by atoms with Gasteiger partial charge in [-0.3, -0.25) is 0 Å². The van der Waals surface area contributed by atoms with E-state index >= 15 is 0 Å². The molecular weight excluding hydrogens is 350 g/mol. The van der Waals surface area contributed by atoms with E-state index in [4.69, 9.17) is 26.4 Å². The smallest absolute Gasteiger partial charge is 0.343 e. The van der Waals surface area contributed by atoms with Crippen LogP contribution in [0.25, 0.3) is 0 Å². The van der Waals surface area contributed by atoms with E-state index in [1.807, 2.05) is 25.1 Å². The Morgan fingerprint density at radius 2 is 1.85 bits per heavy atom. The molecule has 0 bridgehead atoms. The summed E-state index contributed by atoms with van der Waals surface area (Å²) in [6.45, 7) is 4.75. The van der Waals surface area contributed by atoms with Gasteiger partial charge in [0.25, 0.3) is 0 Å². The van der Waals surface area contributed by atoms with Crippen molar-refractivity contribution in [3.8, 4) is 11.5 Å². The lowest BCUT2D eigenvalue weighted by Gasteiger charge is -2.29. The summed E-state index contributed by atoms with van der Waals surface area (Å²) in [6.07, 6.45) is 0. The van der Waals surface area contributed by atoms with Gasteiger partial charge in [0, 0.05) is 18.7 Å². The number of benzene rings is 2. The molecule has 3 rings (SSSR count). The Labute approximate surface area is 158 Å². The molecule has 0 amide bonds. The normalized spacial score (nSPS) is 14.0. The van der Waals surface area contributed by atoms with Crippen LogP contribution in [0.4, 0.5) is 0 Å². The fourth-order valence-corrected chi connectivity index (χ4v) is 3.08. The van der Waals surface area contributed by atoms with Gasteiger partial charge in [0.1, 0.15) is 4.99 Å². The number of esters is 1. The molecule has 2 aromatic rings. The molecule has 1 aliphatic heterocycles. The van der Waals surface area contributed by atoms with E-state index in [9.17, 15) is 4.79 Å². The predicted molar refractivity (Wildman–Crippen MR) is 103 cm³/mol. The topological polar surface area (TPSA) is 48.0 Å². The zero-order valence-electron chi connectivity index (χ0n) is 14.9. The van der Waals surface area contributed by atoms with Gasteiger partial charge in [-0.25, -0.2) is 4.79 Å². The number of carbonyl (C=O) groups is 1. The molecule has 136 valence electrons. The summed E-state index contributed by atoms with van der Waals surface area (Å²) in [4.78, 5) is 15.3. The molecule has 26 heavy (non-hydrogen) atoms. The Morgan fingerprint density at radius 3 is 2.54 bits per heavy atom. The molecule has 0 spiro atoms. The summed E-state index contributed by atoms with van der Waals surface area (Å²) in [7, 11) is 1.54. The number of morpholine rings is 1. The minimum Gasteiger partial charge on any atom is -0.493 e. The van der Waals surface area contributed by atoms with Gasteiger partial charge < -0.3 is 19.1 Å². The van der Waals surface area contributed by atoms with Crippen LogP contribution in [0.5, 0.6) is 11.5 Å². The van der Waals surface area contributed by atoms with Crippen LogP contribution < -0.4 is 9.47 Å². The lowest BCUT2D eigenvalue weighted by Crippen LogP contribution is -2.40. The van der Waals surface area contributed by atoms with E-state index in [1.165, 1.54) is 0 Å². The van der Waals surface area contributed by atoms with E-state index in [-0.39, 0.29) is 0 Å². The first-order valence-corrected chi connectivity index (χ1v) is 8.83. The molecule has 0 atom stereocenters. The Kier molecular flexibility index (Phi) is 5.85. The van der Waals surface area contributed by atoms with Gasteiger partial charge in [0.15, 0.2) is 11.5 Å². The van der Waals surface area contributed by atoms with Crippen molar-refractivity contribution in [1.82, 2.24) is 4.90 Å². The van der Waals surface area contributed by atoms with Crippen molar-refractivity contribution in [2.45, 2.75) is 6.92 Å². The highest BCUT2D eigenvalue weighted by molar-refractivity contribution is 7.80.